The lowest BCUT2D eigenvalue weighted by atomic mass is 10.1. The normalized spacial score (nSPS) is 14.9. The van der Waals surface area contributed by atoms with Crippen molar-refractivity contribution in [3.8, 4) is 11.3 Å². The van der Waals surface area contributed by atoms with Crippen LogP contribution in [-0.4, -0.2) is 37.9 Å². The average Bonchev–Trinajstić information content (AvgIpc) is 3.39. The van der Waals surface area contributed by atoms with Crippen molar-refractivity contribution in [1.29, 1.82) is 0 Å². The third-order valence-corrected chi connectivity index (χ3v) is 5.96. The van der Waals surface area contributed by atoms with Crippen LogP contribution in [0.15, 0.2) is 30.3 Å². The Bertz CT molecular complexity index is 1150. The number of hydrogen-bond acceptors (Lipinski definition) is 4. The molecule has 0 atom stereocenters. The van der Waals surface area contributed by atoms with Gasteiger partial charge in [0.2, 0.25) is 0 Å². The van der Waals surface area contributed by atoms with Gasteiger partial charge >= 0.3 is 0 Å². The van der Waals surface area contributed by atoms with Gasteiger partial charge in [-0.3, -0.25) is 4.90 Å². The number of pyridine rings is 1. The van der Waals surface area contributed by atoms with Gasteiger partial charge in [-0.05, 0) is 50.6 Å². The Labute approximate surface area is 176 Å². The van der Waals surface area contributed by atoms with Gasteiger partial charge in [-0.25, -0.2) is 9.97 Å². The van der Waals surface area contributed by atoms with E-state index >= 15 is 0 Å². The zero-order valence-electron chi connectivity index (χ0n) is 16.8. The van der Waals surface area contributed by atoms with Crippen LogP contribution in [0.4, 0.5) is 5.82 Å². The zero-order valence-corrected chi connectivity index (χ0v) is 17.6. The van der Waals surface area contributed by atoms with Crippen LogP contribution in [0.2, 0.25) is 0 Å². The summed E-state index contributed by atoms with van der Waals surface area (Å²) < 4.78 is 0. The number of nitrogens with zero attached hydrogens (tertiary/aromatic N) is 3. The maximum atomic E-state index is 6.02. The van der Waals surface area contributed by atoms with Crippen LogP contribution < -0.4 is 5.73 Å². The van der Waals surface area contributed by atoms with E-state index in [0.29, 0.717) is 11.5 Å². The quantitative estimate of drug-likeness (QED) is 0.451. The zero-order chi connectivity index (χ0) is 19.3. The minimum atomic E-state index is 0. The Kier molecular flexibility index (Phi) is 5.23. The standard InChI is InChI=1S/C22H26N6.ClH/c1-13-24-21-17(11-20(23)27-22(21)25-13)19-10-15-8-7-14(9-18(15)26-19)12-28(2)16-5-3-4-6-16;/h7-11,16,26H,3-6,12H2,1-2H3,(H3,23,24,25,27);1H. The highest BCUT2D eigenvalue weighted by Crippen LogP contribution is 2.31. The highest BCUT2D eigenvalue weighted by molar-refractivity contribution is 5.95. The van der Waals surface area contributed by atoms with E-state index < -0.39 is 0 Å². The molecule has 4 aromatic rings. The molecule has 1 fully saturated rings. The summed E-state index contributed by atoms with van der Waals surface area (Å²) in [6.45, 7) is 2.92. The lowest BCUT2D eigenvalue weighted by molar-refractivity contribution is 0.237. The summed E-state index contributed by atoms with van der Waals surface area (Å²) in [6.07, 6.45) is 5.39. The molecule has 3 heterocycles. The maximum absolute atomic E-state index is 6.02. The molecule has 4 N–H and O–H groups in total. The molecule has 0 aliphatic heterocycles. The van der Waals surface area contributed by atoms with Gasteiger partial charge in [0.15, 0.2) is 5.65 Å². The number of nitrogen functional groups attached to an aromatic ring is 1. The number of fused-ring (bicyclic) bond motifs is 2. The fourth-order valence-electron chi connectivity index (χ4n) is 4.52. The van der Waals surface area contributed by atoms with Crippen molar-refractivity contribution in [3.05, 3.63) is 41.7 Å². The summed E-state index contributed by atoms with van der Waals surface area (Å²) in [4.78, 5) is 18.2. The summed E-state index contributed by atoms with van der Waals surface area (Å²) in [7, 11) is 2.25. The molecule has 1 aliphatic carbocycles. The monoisotopic (exact) mass is 410 g/mol. The van der Waals surface area contributed by atoms with E-state index in [1.807, 2.05) is 13.0 Å². The Morgan fingerprint density at radius 2 is 1.90 bits per heavy atom. The second kappa shape index (κ2) is 7.69. The molecule has 0 bridgehead atoms. The fourth-order valence-corrected chi connectivity index (χ4v) is 4.52. The molecule has 29 heavy (non-hydrogen) atoms. The summed E-state index contributed by atoms with van der Waals surface area (Å²) in [6, 6.07) is 11.5. The molecule has 1 saturated carbocycles. The predicted octanol–water partition coefficient (Wildman–Crippen LogP) is 4.79. The highest BCUT2D eigenvalue weighted by atomic mass is 35.5. The first-order chi connectivity index (χ1) is 13.6. The number of halogens is 1. The Morgan fingerprint density at radius 1 is 1.10 bits per heavy atom. The van der Waals surface area contributed by atoms with Gasteiger partial charge in [0.1, 0.15) is 11.6 Å². The van der Waals surface area contributed by atoms with Crippen molar-refractivity contribution < 1.29 is 0 Å². The molecule has 1 aromatic carbocycles. The van der Waals surface area contributed by atoms with E-state index in [0.717, 1.165) is 40.7 Å². The van der Waals surface area contributed by atoms with Crippen LogP contribution in [0.5, 0.6) is 0 Å². The smallest absolute Gasteiger partial charge is 0.180 e. The number of nitrogens with two attached hydrogens (primary N) is 1. The third kappa shape index (κ3) is 3.70. The summed E-state index contributed by atoms with van der Waals surface area (Å²) in [5.74, 6) is 1.31. The summed E-state index contributed by atoms with van der Waals surface area (Å²) in [5, 5.41) is 1.20. The molecule has 3 aromatic heterocycles. The number of imidazole rings is 1. The molecule has 152 valence electrons. The summed E-state index contributed by atoms with van der Waals surface area (Å²) >= 11 is 0. The van der Waals surface area contributed by atoms with Crippen LogP contribution in [0.3, 0.4) is 0 Å². The number of aromatic amines is 2. The molecule has 1 aliphatic rings. The number of anilines is 1. The van der Waals surface area contributed by atoms with Gasteiger partial charge in [0.25, 0.3) is 0 Å². The van der Waals surface area contributed by atoms with Gasteiger partial charge in [0, 0.05) is 34.7 Å². The molecule has 0 unspecified atom stereocenters. The number of aromatic nitrogens is 4. The highest BCUT2D eigenvalue weighted by Gasteiger charge is 2.19. The Morgan fingerprint density at radius 3 is 2.69 bits per heavy atom. The largest absolute Gasteiger partial charge is 0.384 e. The van der Waals surface area contributed by atoms with E-state index in [2.05, 4.69) is 56.1 Å². The topological polar surface area (TPSA) is 86.6 Å². The number of hydrogen-bond donors (Lipinski definition) is 3. The lowest BCUT2D eigenvalue weighted by Gasteiger charge is -2.24. The SMILES string of the molecule is Cc1nc2nc(N)cc(-c3cc4ccc(CN(C)C5CCCC5)cc4[nH]3)c2[nH]1.Cl. The van der Waals surface area contributed by atoms with Crippen molar-refractivity contribution in [2.24, 2.45) is 0 Å². The average molecular weight is 411 g/mol. The number of rotatable bonds is 4. The Balaban J connectivity index is 0.00000205. The lowest BCUT2D eigenvalue weighted by Crippen LogP contribution is -2.28. The van der Waals surface area contributed by atoms with Crippen LogP contribution in [-0.2, 0) is 6.54 Å². The molecule has 7 heteroatoms. The number of benzene rings is 1. The van der Waals surface area contributed by atoms with Crippen LogP contribution in [0, 0.1) is 6.92 Å². The molecule has 0 amide bonds. The first-order valence-corrected chi connectivity index (χ1v) is 10.0. The van der Waals surface area contributed by atoms with Crippen molar-refractivity contribution in [2.45, 2.75) is 45.2 Å². The molecular weight excluding hydrogens is 384 g/mol. The molecule has 6 nitrogen and oxygen atoms in total. The van der Waals surface area contributed by atoms with Crippen molar-refractivity contribution in [1.82, 2.24) is 24.8 Å². The molecule has 0 saturated heterocycles. The van der Waals surface area contributed by atoms with E-state index in [9.17, 15) is 0 Å². The first kappa shape index (κ1) is 19.7. The van der Waals surface area contributed by atoms with E-state index in [-0.39, 0.29) is 12.4 Å². The minimum absolute atomic E-state index is 0. The van der Waals surface area contributed by atoms with Crippen molar-refractivity contribution in [3.63, 3.8) is 0 Å². The third-order valence-electron chi connectivity index (χ3n) is 5.96. The maximum Gasteiger partial charge on any atom is 0.180 e. The molecule has 0 spiro atoms. The first-order valence-electron chi connectivity index (χ1n) is 10.0. The van der Waals surface area contributed by atoms with Gasteiger partial charge in [-0.2, -0.15) is 0 Å². The van der Waals surface area contributed by atoms with Crippen LogP contribution in [0.25, 0.3) is 33.3 Å². The fraction of sp³-hybridized carbons (Fsp3) is 0.364. The number of aryl methyl sites for hydroxylation is 1. The Hall–Kier alpha value is -2.57. The summed E-state index contributed by atoms with van der Waals surface area (Å²) in [5.41, 5.74) is 12.1. The van der Waals surface area contributed by atoms with Gasteiger partial charge in [-0.1, -0.05) is 25.0 Å². The van der Waals surface area contributed by atoms with Crippen LogP contribution >= 0.6 is 12.4 Å². The van der Waals surface area contributed by atoms with Gasteiger partial charge in [0.05, 0.1) is 5.52 Å². The van der Waals surface area contributed by atoms with Gasteiger partial charge in [-0.15, -0.1) is 12.4 Å². The molecule has 0 radical (unpaired) electrons. The predicted molar refractivity (Wildman–Crippen MR) is 121 cm³/mol. The van der Waals surface area contributed by atoms with E-state index in [4.69, 9.17) is 5.73 Å². The number of nitrogens with one attached hydrogen (secondary N) is 2. The van der Waals surface area contributed by atoms with E-state index in [1.165, 1.54) is 36.6 Å². The number of H-pyrrole nitrogens is 2. The van der Waals surface area contributed by atoms with Crippen LogP contribution in [0.1, 0.15) is 37.1 Å². The second-order valence-electron chi connectivity index (χ2n) is 8.07. The second-order valence-corrected chi connectivity index (χ2v) is 8.07. The van der Waals surface area contributed by atoms with Crippen molar-refractivity contribution >= 4 is 40.3 Å². The van der Waals surface area contributed by atoms with E-state index in [1.54, 1.807) is 0 Å². The molecule has 5 rings (SSSR count). The van der Waals surface area contributed by atoms with Crippen molar-refractivity contribution in [2.75, 3.05) is 12.8 Å². The van der Waals surface area contributed by atoms with Gasteiger partial charge < -0.3 is 15.7 Å². The molecular formula is C22H27ClN6. The minimum Gasteiger partial charge on any atom is -0.384 e.